The van der Waals surface area contributed by atoms with Crippen LogP contribution in [0.25, 0.3) is 0 Å². The normalized spacial score (nSPS) is 21.3. The molecule has 126 valence electrons. The van der Waals surface area contributed by atoms with Crippen LogP contribution in [0.1, 0.15) is 26.7 Å². The molecule has 1 aliphatic heterocycles. The van der Waals surface area contributed by atoms with Crippen molar-refractivity contribution in [2.75, 3.05) is 33.0 Å². The fraction of sp³-hybridized carbons (Fsp3) is 1.00. The molecule has 0 aliphatic carbocycles. The fourth-order valence-electron chi connectivity index (χ4n) is 2.29. The molecular weight excluding hydrogens is 292 g/mol. The van der Waals surface area contributed by atoms with Crippen molar-refractivity contribution in [2.24, 2.45) is 0 Å². The van der Waals surface area contributed by atoms with Crippen LogP contribution in [0.5, 0.6) is 0 Å². The summed E-state index contributed by atoms with van der Waals surface area (Å²) in [6, 6.07) is 0.848. The van der Waals surface area contributed by atoms with Crippen molar-refractivity contribution in [3.8, 4) is 0 Å². The lowest BCUT2D eigenvalue weighted by molar-refractivity contribution is -0.0348. The molecule has 3 atom stereocenters. The second-order valence-electron chi connectivity index (χ2n) is 5.52. The van der Waals surface area contributed by atoms with Gasteiger partial charge in [0.25, 0.3) is 0 Å². The lowest BCUT2D eigenvalue weighted by Gasteiger charge is -2.28. The van der Waals surface area contributed by atoms with Crippen LogP contribution >= 0.6 is 0 Å². The molecule has 0 aromatic heterocycles. The van der Waals surface area contributed by atoms with Crippen molar-refractivity contribution < 1.29 is 28.5 Å². The summed E-state index contributed by atoms with van der Waals surface area (Å²) in [7, 11) is -2.14. The third-order valence-electron chi connectivity index (χ3n) is 3.48. The second kappa shape index (κ2) is 9.89. The van der Waals surface area contributed by atoms with Crippen molar-refractivity contribution in [2.45, 2.75) is 57.6 Å². The Morgan fingerprint density at radius 3 is 2.38 bits per heavy atom. The minimum atomic E-state index is -2.14. The average molecular weight is 322 g/mol. The number of epoxide rings is 1. The van der Waals surface area contributed by atoms with E-state index in [1.165, 1.54) is 0 Å². The molecule has 1 saturated heterocycles. The van der Waals surface area contributed by atoms with Crippen LogP contribution in [0.2, 0.25) is 12.6 Å². The Hall–Kier alpha value is -0.0231. The molecular formula is C14H30O6Si. The van der Waals surface area contributed by atoms with Gasteiger partial charge in [0, 0.05) is 19.6 Å². The number of rotatable bonds is 13. The van der Waals surface area contributed by atoms with Crippen LogP contribution in [0.3, 0.4) is 0 Å². The van der Waals surface area contributed by atoms with Crippen molar-refractivity contribution in [3.63, 3.8) is 0 Å². The van der Waals surface area contributed by atoms with Crippen molar-refractivity contribution in [1.82, 2.24) is 0 Å². The van der Waals surface area contributed by atoms with Gasteiger partial charge in [0.1, 0.15) is 6.10 Å². The van der Waals surface area contributed by atoms with E-state index >= 15 is 0 Å². The number of hydrogen-bond acceptors (Lipinski definition) is 6. The molecule has 0 aromatic carbocycles. The number of aliphatic hydroxyl groups excluding tert-OH is 2. The Kier molecular flexibility index (Phi) is 8.96. The molecule has 2 N–H and O–H groups in total. The van der Waals surface area contributed by atoms with Crippen LogP contribution < -0.4 is 0 Å². The zero-order chi connectivity index (χ0) is 15.7. The first-order chi connectivity index (χ1) is 10.0. The van der Waals surface area contributed by atoms with E-state index < -0.39 is 14.7 Å². The Balaban J connectivity index is 2.41. The largest absolute Gasteiger partial charge is 0.395 e. The van der Waals surface area contributed by atoms with Crippen LogP contribution in [-0.2, 0) is 18.3 Å². The zero-order valence-corrected chi connectivity index (χ0v) is 14.4. The van der Waals surface area contributed by atoms with E-state index in [1.54, 1.807) is 0 Å². The molecule has 1 rings (SSSR count). The van der Waals surface area contributed by atoms with E-state index in [-0.39, 0.29) is 25.4 Å². The summed E-state index contributed by atoms with van der Waals surface area (Å²) < 4.78 is 22.6. The van der Waals surface area contributed by atoms with Gasteiger partial charge in [0.05, 0.1) is 32.0 Å². The summed E-state index contributed by atoms with van der Waals surface area (Å²) in [6.07, 6.45) is 1.09. The molecule has 0 amide bonds. The summed E-state index contributed by atoms with van der Waals surface area (Å²) in [5.41, 5.74) is 0. The van der Waals surface area contributed by atoms with E-state index in [1.807, 2.05) is 13.8 Å². The molecule has 1 fully saturated rings. The van der Waals surface area contributed by atoms with Crippen molar-refractivity contribution >= 4 is 8.56 Å². The highest BCUT2D eigenvalue weighted by Gasteiger charge is 2.34. The number of ether oxygens (including phenoxy) is 2. The van der Waals surface area contributed by atoms with Crippen LogP contribution in [0, 0.1) is 0 Å². The third kappa shape index (κ3) is 8.25. The van der Waals surface area contributed by atoms with Gasteiger partial charge < -0.3 is 28.5 Å². The number of hydrogen-bond donors (Lipinski definition) is 2. The van der Waals surface area contributed by atoms with Gasteiger partial charge in [-0.15, -0.1) is 0 Å². The van der Waals surface area contributed by atoms with Gasteiger partial charge in [0.15, 0.2) is 0 Å². The molecule has 1 heterocycles. The maximum Gasteiger partial charge on any atom is 0.335 e. The summed E-state index contributed by atoms with van der Waals surface area (Å²) >= 11 is 0. The first-order valence-corrected chi connectivity index (χ1v) is 10.3. The Labute approximate surface area is 128 Å². The van der Waals surface area contributed by atoms with E-state index in [9.17, 15) is 5.11 Å². The van der Waals surface area contributed by atoms with Crippen LogP contribution in [-0.4, -0.2) is 70.1 Å². The zero-order valence-electron chi connectivity index (χ0n) is 13.4. The van der Waals surface area contributed by atoms with E-state index in [4.69, 9.17) is 23.4 Å². The smallest absolute Gasteiger partial charge is 0.335 e. The van der Waals surface area contributed by atoms with Gasteiger partial charge in [-0.3, -0.25) is 0 Å². The van der Waals surface area contributed by atoms with Gasteiger partial charge >= 0.3 is 8.56 Å². The molecule has 6 nitrogen and oxygen atoms in total. The summed E-state index contributed by atoms with van der Waals surface area (Å²) in [6.45, 7) is 8.00. The molecule has 1 aliphatic rings. The average Bonchev–Trinajstić information content (AvgIpc) is 3.26. The molecule has 0 spiro atoms. The maximum absolute atomic E-state index is 9.41. The van der Waals surface area contributed by atoms with Gasteiger partial charge in [-0.2, -0.15) is 0 Å². The SMILES string of the molecule is CCO[Si](C)(CCC(CC1CO1)OCC(O)CO)OCC. The molecule has 21 heavy (non-hydrogen) atoms. The second-order valence-corrected chi connectivity index (χ2v) is 8.87. The maximum atomic E-state index is 9.41. The minimum Gasteiger partial charge on any atom is -0.395 e. The van der Waals surface area contributed by atoms with Crippen LogP contribution in [0.15, 0.2) is 0 Å². The Morgan fingerprint density at radius 1 is 1.29 bits per heavy atom. The predicted octanol–water partition coefficient (Wildman–Crippen LogP) is 1.05. The Morgan fingerprint density at radius 2 is 1.90 bits per heavy atom. The van der Waals surface area contributed by atoms with Gasteiger partial charge in [0.2, 0.25) is 0 Å². The van der Waals surface area contributed by atoms with Gasteiger partial charge in [-0.05, 0) is 32.9 Å². The van der Waals surface area contributed by atoms with E-state index in [0.29, 0.717) is 13.2 Å². The quantitative estimate of drug-likeness (QED) is 0.390. The van der Waals surface area contributed by atoms with Gasteiger partial charge in [-0.25, -0.2) is 0 Å². The molecule has 7 heteroatoms. The predicted molar refractivity (Wildman–Crippen MR) is 81.5 cm³/mol. The van der Waals surface area contributed by atoms with Crippen LogP contribution in [0.4, 0.5) is 0 Å². The summed E-state index contributed by atoms with van der Waals surface area (Å²) in [5.74, 6) is 0. The van der Waals surface area contributed by atoms with Crippen molar-refractivity contribution in [1.29, 1.82) is 0 Å². The standard InChI is InChI=1S/C14H30O6Si/c1-4-19-21(3,20-5-2)7-6-13(8-14-11-18-14)17-10-12(16)9-15/h12-16H,4-11H2,1-3H3. The lowest BCUT2D eigenvalue weighted by Crippen LogP contribution is -2.40. The molecule has 0 aromatic rings. The summed E-state index contributed by atoms with van der Waals surface area (Å²) in [5, 5.41) is 18.3. The summed E-state index contributed by atoms with van der Waals surface area (Å²) in [4.78, 5) is 0. The highest BCUT2D eigenvalue weighted by molar-refractivity contribution is 6.66. The third-order valence-corrected chi connectivity index (χ3v) is 6.48. The molecule has 3 unspecified atom stereocenters. The highest BCUT2D eigenvalue weighted by Crippen LogP contribution is 2.24. The highest BCUT2D eigenvalue weighted by atomic mass is 28.4. The topological polar surface area (TPSA) is 80.7 Å². The lowest BCUT2D eigenvalue weighted by atomic mass is 10.1. The molecule has 0 bridgehead atoms. The Bertz CT molecular complexity index is 268. The fourth-order valence-corrected chi connectivity index (χ4v) is 4.73. The minimum absolute atomic E-state index is 0.00596. The molecule has 0 saturated carbocycles. The van der Waals surface area contributed by atoms with E-state index in [0.717, 1.165) is 25.5 Å². The molecule has 0 radical (unpaired) electrons. The first-order valence-electron chi connectivity index (χ1n) is 7.83. The van der Waals surface area contributed by atoms with Crippen molar-refractivity contribution in [3.05, 3.63) is 0 Å². The van der Waals surface area contributed by atoms with Gasteiger partial charge in [-0.1, -0.05) is 0 Å². The van der Waals surface area contributed by atoms with E-state index in [2.05, 4.69) is 6.55 Å². The first kappa shape index (κ1) is 19.0. The monoisotopic (exact) mass is 322 g/mol. The number of aliphatic hydroxyl groups is 2.